The second-order valence-corrected chi connectivity index (χ2v) is 14.2. The summed E-state index contributed by atoms with van der Waals surface area (Å²) in [7, 11) is -1.34. The molecule has 1 aliphatic heterocycles. The largest absolute Gasteiger partial charge is 0.493 e. The number of carbonyl (C=O) groups excluding carboxylic acids is 3. The van der Waals surface area contributed by atoms with Crippen molar-refractivity contribution in [3.63, 3.8) is 0 Å². The van der Waals surface area contributed by atoms with Crippen molar-refractivity contribution in [2.45, 2.75) is 49.0 Å². The third-order valence-electron chi connectivity index (χ3n) is 9.25. The molecule has 1 unspecified atom stereocenters. The van der Waals surface area contributed by atoms with Gasteiger partial charge in [-0.3, -0.25) is 29.6 Å². The normalized spacial score (nSPS) is 16.1. The number of aromatic nitrogens is 1. The van der Waals surface area contributed by atoms with Crippen LogP contribution in [-0.2, 0) is 25.1 Å². The zero-order valence-electron chi connectivity index (χ0n) is 30.4. The molecule has 1 aromatic heterocycles. The zero-order chi connectivity index (χ0) is 39.6. The van der Waals surface area contributed by atoms with Gasteiger partial charge in [0.2, 0.25) is 5.91 Å². The lowest BCUT2D eigenvalue weighted by Crippen LogP contribution is -2.49. The van der Waals surface area contributed by atoms with Gasteiger partial charge < -0.3 is 24.4 Å². The van der Waals surface area contributed by atoms with Crippen molar-refractivity contribution in [2.24, 2.45) is 5.10 Å². The average molecular weight is 775 g/mol. The number of hydrogen-bond donors (Lipinski definition) is 5. The first kappa shape index (κ1) is 40.2. The molecule has 0 radical (unpaired) electrons. The first-order valence-corrected chi connectivity index (χ1v) is 18.7. The van der Waals surface area contributed by atoms with Crippen molar-refractivity contribution >= 4 is 39.9 Å². The van der Waals surface area contributed by atoms with E-state index >= 15 is 0 Å². The van der Waals surface area contributed by atoms with E-state index < -0.39 is 27.5 Å². The van der Waals surface area contributed by atoms with E-state index in [1.54, 1.807) is 49.0 Å². The third-order valence-corrected chi connectivity index (χ3v) is 10.2. The van der Waals surface area contributed by atoms with E-state index in [-0.39, 0.29) is 46.6 Å². The first-order valence-electron chi connectivity index (χ1n) is 17.2. The van der Waals surface area contributed by atoms with E-state index in [1.165, 1.54) is 54.8 Å². The monoisotopic (exact) mass is 774 g/mol. The molecule has 1 aliphatic rings. The molecule has 5 N–H and O–H groups in total. The summed E-state index contributed by atoms with van der Waals surface area (Å²) in [5, 5.41) is 16.3. The molecule has 1 fully saturated rings. The van der Waals surface area contributed by atoms with Crippen LogP contribution in [0.4, 0.5) is 5.82 Å². The van der Waals surface area contributed by atoms with Crippen molar-refractivity contribution < 1.29 is 46.8 Å². The minimum Gasteiger partial charge on any atom is -0.493 e. The highest BCUT2D eigenvalue weighted by Gasteiger charge is 2.47. The summed E-state index contributed by atoms with van der Waals surface area (Å²) in [5.41, 5.74) is 4.66. The van der Waals surface area contributed by atoms with E-state index in [1.807, 2.05) is 19.1 Å². The molecular formula is C38H42N6O10S. The van der Waals surface area contributed by atoms with Gasteiger partial charge in [-0.25, -0.2) is 10.5 Å². The number of pyridine rings is 1. The predicted molar refractivity (Wildman–Crippen MR) is 201 cm³/mol. The van der Waals surface area contributed by atoms with Gasteiger partial charge in [0.15, 0.2) is 11.5 Å². The van der Waals surface area contributed by atoms with Crippen LogP contribution < -0.4 is 30.4 Å². The molecule has 17 heteroatoms. The smallest absolute Gasteiger partial charge is 0.295 e. The summed E-state index contributed by atoms with van der Waals surface area (Å²) in [6.07, 6.45) is 4.25. The summed E-state index contributed by atoms with van der Waals surface area (Å²) < 4.78 is 49.1. The Balaban J connectivity index is 1.10. The SMILES string of the molecule is COc1ccc(Oc2ccc(C3(C)CCN([C@H](CCCCNC(=O)c4ccc(NN=Cc5ccccc5S(=O)(=O)O)nc4)C(=O)NO)C3=O)cc2)cc1OC. The highest BCUT2D eigenvalue weighted by atomic mass is 32.2. The molecule has 3 amide bonds. The Morgan fingerprint density at radius 2 is 1.73 bits per heavy atom. The Kier molecular flexibility index (Phi) is 13.0. The van der Waals surface area contributed by atoms with Gasteiger partial charge in [0.25, 0.3) is 21.9 Å². The Bertz CT molecular complexity index is 2130. The Morgan fingerprint density at radius 3 is 2.40 bits per heavy atom. The number of amides is 3. The maximum atomic E-state index is 13.8. The Labute approximate surface area is 318 Å². The number of hydrogen-bond acceptors (Lipinski definition) is 12. The van der Waals surface area contributed by atoms with Gasteiger partial charge in [-0.05, 0) is 80.6 Å². The maximum Gasteiger partial charge on any atom is 0.295 e. The van der Waals surface area contributed by atoms with E-state index in [0.717, 1.165) is 5.56 Å². The van der Waals surface area contributed by atoms with Crippen LogP contribution in [0, 0.1) is 0 Å². The number of carbonyl (C=O) groups is 3. The van der Waals surface area contributed by atoms with E-state index in [0.29, 0.717) is 48.8 Å². The molecule has 290 valence electrons. The number of anilines is 1. The molecule has 0 aliphatic carbocycles. The number of rotatable bonds is 17. The molecule has 0 saturated carbocycles. The maximum absolute atomic E-state index is 13.8. The molecule has 4 aromatic rings. The number of ether oxygens (including phenoxy) is 3. The highest BCUT2D eigenvalue weighted by molar-refractivity contribution is 7.86. The fourth-order valence-corrected chi connectivity index (χ4v) is 6.86. The second kappa shape index (κ2) is 17.9. The van der Waals surface area contributed by atoms with Gasteiger partial charge >= 0.3 is 0 Å². The average Bonchev–Trinajstić information content (AvgIpc) is 3.49. The van der Waals surface area contributed by atoms with Gasteiger partial charge in [0.05, 0.1) is 31.4 Å². The summed E-state index contributed by atoms with van der Waals surface area (Å²) in [5.74, 6) is 1.20. The first-order chi connectivity index (χ1) is 26.4. The van der Waals surface area contributed by atoms with Crippen LogP contribution in [0.25, 0.3) is 0 Å². The summed E-state index contributed by atoms with van der Waals surface area (Å²) >= 11 is 0. The molecular weight excluding hydrogens is 733 g/mol. The fraction of sp³-hybridized carbons (Fsp3) is 0.289. The van der Waals surface area contributed by atoms with Crippen LogP contribution in [0.5, 0.6) is 23.0 Å². The number of methoxy groups -OCH3 is 2. The van der Waals surface area contributed by atoms with Gasteiger partial charge in [0.1, 0.15) is 28.3 Å². The molecule has 0 spiro atoms. The number of unbranched alkanes of at least 4 members (excludes halogenated alkanes) is 1. The molecule has 55 heavy (non-hydrogen) atoms. The lowest BCUT2D eigenvalue weighted by molar-refractivity contribution is -0.144. The minimum atomic E-state index is -4.43. The quantitative estimate of drug-likeness (QED) is 0.0328. The summed E-state index contributed by atoms with van der Waals surface area (Å²) in [6.45, 7) is 2.43. The number of benzene rings is 3. The number of hydrazone groups is 1. The predicted octanol–water partition coefficient (Wildman–Crippen LogP) is 4.55. The molecule has 1 saturated heterocycles. The molecule has 2 heterocycles. The van der Waals surface area contributed by atoms with Crippen molar-refractivity contribution in [3.05, 3.63) is 102 Å². The molecule has 3 aromatic carbocycles. The highest BCUT2D eigenvalue weighted by Crippen LogP contribution is 2.39. The van der Waals surface area contributed by atoms with Gasteiger partial charge in [-0.2, -0.15) is 13.5 Å². The number of likely N-dealkylation sites (tertiary alicyclic amines) is 1. The van der Waals surface area contributed by atoms with Crippen LogP contribution in [0.2, 0.25) is 0 Å². The van der Waals surface area contributed by atoms with Gasteiger partial charge in [-0.1, -0.05) is 30.3 Å². The minimum absolute atomic E-state index is 0.170. The number of nitrogens with zero attached hydrogens (tertiary/aromatic N) is 3. The topological polar surface area (TPSA) is 218 Å². The van der Waals surface area contributed by atoms with Crippen LogP contribution in [-0.4, -0.2) is 85.3 Å². The molecule has 2 atom stereocenters. The van der Waals surface area contributed by atoms with Crippen molar-refractivity contribution in [3.8, 4) is 23.0 Å². The third kappa shape index (κ3) is 9.74. The van der Waals surface area contributed by atoms with Crippen molar-refractivity contribution in [1.82, 2.24) is 20.7 Å². The molecule has 5 rings (SSSR count). The van der Waals surface area contributed by atoms with Crippen LogP contribution in [0.1, 0.15) is 54.1 Å². The Morgan fingerprint density at radius 1 is 1.00 bits per heavy atom. The van der Waals surface area contributed by atoms with Crippen LogP contribution in [0.15, 0.2) is 95.1 Å². The molecule has 0 bridgehead atoms. The second-order valence-electron chi connectivity index (χ2n) is 12.8. The fourth-order valence-electron chi connectivity index (χ4n) is 6.20. The van der Waals surface area contributed by atoms with Crippen molar-refractivity contribution in [2.75, 3.05) is 32.7 Å². The van der Waals surface area contributed by atoms with E-state index in [4.69, 9.17) is 14.2 Å². The van der Waals surface area contributed by atoms with Crippen molar-refractivity contribution in [1.29, 1.82) is 0 Å². The zero-order valence-corrected chi connectivity index (χ0v) is 31.2. The Hall–Kier alpha value is -6.04. The lowest BCUT2D eigenvalue weighted by Gasteiger charge is -2.29. The summed E-state index contributed by atoms with van der Waals surface area (Å²) in [6, 6.07) is 20.3. The number of hydroxylamine groups is 1. The molecule has 16 nitrogen and oxygen atoms in total. The van der Waals surface area contributed by atoms with Gasteiger partial charge in [-0.15, -0.1) is 0 Å². The van der Waals surface area contributed by atoms with Crippen LogP contribution in [0.3, 0.4) is 0 Å². The van der Waals surface area contributed by atoms with Gasteiger partial charge in [0, 0.05) is 30.9 Å². The van der Waals surface area contributed by atoms with Crippen LogP contribution >= 0.6 is 0 Å². The summed E-state index contributed by atoms with van der Waals surface area (Å²) in [4.78, 5) is 44.6. The standard InChI is InChI=1S/C38H42N6O10S/c1-38(27-12-14-28(15-13-27)54-29-16-17-31(52-2)32(22-29)53-3)19-21-44(37(38)47)30(36(46)43-48)9-6-7-20-39-35(45)26-11-18-34(40-23-26)42-41-24-25-8-4-5-10-33(25)55(49,50)51/h4-5,8,10-18,22-24,30,48H,6-7,9,19-21H2,1-3H3,(H,39,45)(H,40,42)(H,43,46)(H,49,50,51)/t30-,38?/m1/s1. The van der Waals surface area contributed by atoms with E-state index in [9.17, 15) is 32.6 Å². The van der Waals surface area contributed by atoms with E-state index in [2.05, 4.69) is 20.8 Å². The number of nitrogens with one attached hydrogen (secondary N) is 3. The lowest BCUT2D eigenvalue weighted by atomic mass is 9.81.